The molecule has 2 heteroatoms. The first-order valence-electron chi connectivity index (χ1n) is 9.10. The maximum absolute atomic E-state index is 11.2. The van der Waals surface area contributed by atoms with E-state index in [9.17, 15) is 4.57 Å². The van der Waals surface area contributed by atoms with Crippen molar-refractivity contribution in [3.63, 3.8) is 0 Å². The quantitative estimate of drug-likeness (QED) is 0.179. The van der Waals surface area contributed by atoms with E-state index >= 15 is 0 Å². The zero-order valence-corrected chi connectivity index (χ0v) is 16.2. The Balaban J connectivity index is 3.89. The molecule has 132 valence electrons. The fourth-order valence-electron chi connectivity index (χ4n) is 1.91. The Morgan fingerprint density at radius 2 is 1.38 bits per heavy atom. The molecule has 24 heavy (non-hydrogen) atoms. The fourth-order valence-corrected chi connectivity index (χ4v) is 2.29. The van der Waals surface area contributed by atoms with Crippen molar-refractivity contribution >= 4 is 8.46 Å². The molecule has 0 aliphatic rings. The molecule has 0 saturated heterocycles. The summed E-state index contributed by atoms with van der Waals surface area (Å²) in [4.78, 5) is 0. The average molecular weight is 344 g/mol. The van der Waals surface area contributed by atoms with Gasteiger partial charge in [0.15, 0.2) is 8.46 Å². The van der Waals surface area contributed by atoms with Crippen LogP contribution in [0.2, 0.25) is 0 Å². The molecule has 1 atom stereocenters. The van der Waals surface area contributed by atoms with Crippen molar-refractivity contribution in [2.75, 3.05) is 0 Å². The Labute approximate surface area is 150 Å². The molecule has 0 saturated carbocycles. The van der Waals surface area contributed by atoms with Gasteiger partial charge in [-0.3, -0.25) is 4.57 Å². The third-order valence-corrected chi connectivity index (χ3v) is 3.92. The lowest BCUT2D eigenvalue weighted by Crippen LogP contribution is -1.89. The van der Waals surface area contributed by atoms with Crippen LogP contribution >= 0.6 is 8.46 Å². The molecule has 1 unspecified atom stereocenters. The van der Waals surface area contributed by atoms with Crippen LogP contribution < -0.4 is 0 Å². The van der Waals surface area contributed by atoms with E-state index in [0.29, 0.717) is 0 Å². The Morgan fingerprint density at radius 3 is 2.04 bits per heavy atom. The first-order chi connectivity index (χ1) is 11.8. The van der Waals surface area contributed by atoms with Crippen LogP contribution in [0.25, 0.3) is 0 Å². The third-order valence-electron chi connectivity index (χ3n) is 3.27. The van der Waals surface area contributed by atoms with Crippen molar-refractivity contribution < 1.29 is 4.57 Å². The lowest BCUT2D eigenvalue weighted by Gasteiger charge is -1.96. The highest BCUT2D eigenvalue weighted by molar-refractivity contribution is 7.25. The minimum Gasteiger partial charge on any atom is -0.274 e. The Bertz CT molecular complexity index is 453. The molecule has 0 heterocycles. The summed E-state index contributed by atoms with van der Waals surface area (Å²) in [6.07, 6.45) is 32.7. The maximum Gasteiger partial charge on any atom is 0.163 e. The summed E-state index contributed by atoms with van der Waals surface area (Å²) in [5.41, 5.74) is 0.0676. The van der Waals surface area contributed by atoms with Crippen LogP contribution in [-0.4, -0.2) is 5.66 Å². The molecule has 0 aliphatic heterocycles. The molecule has 0 N–H and O–H groups in total. The molecule has 0 fully saturated rings. The summed E-state index contributed by atoms with van der Waals surface area (Å²) >= 11 is 0. The van der Waals surface area contributed by atoms with Gasteiger partial charge >= 0.3 is 0 Å². The van der Waals surface area contributed by atoms with E-state index < -0.39 is 0 Å². The van der Waals surface area contributed by atoms with Crippen molar-refractivity contribution in [1.29, 1.82) is 0 Å². The highest BCUT2D eigenvalue weighted by atomic mass is 31.1. The summed E-state index contributed by atoms with van der Waals surface area (Å²) in [7, 11) is 0.184. The monoisotopic (exact) mass is 344 g/mol. The van der Waals surface area contributed by atoms with E-state index in [0.717, 1.165) is 32.1 Å². The van der Waals surface area contributed by atoms with Crippen molar-refractivity contribution in [2.45, 2.75) is 64.5 Å². The lowest BCUT2D eigenvalue weighted by molar-refractivity contribution is 0.595. The number of unbranched alkanes of at least 4 members (excludes halogenated alkanes) is 1. The van der Waals surface area contributed by atoms with E-state index in [-0.39, 0.29) is 14.1 Å². The molecule has 0 aromatic carbocycles. The molecule has 0 amide bonds. The Morgan fingerprint density at radius 1 is 0.750 bits per heavy atom. The van der Waals surface area contributed by atoms with Crippen LogP contribution in [0.5, 0.6) is 0 Å². The zero-order chi connectivity index (χ0) is 17.7. The predicted octanol–water partition coefficient (Wildman–Crippen LogP) is 7.75. The first-order valence-corrected chi connectivity index (χ1v) is 9.99. The van der Waals surface area contributed by atoms with Crippen LogP contribution in [0.15, 0.2) is 72.9 Å². The van der Waals surface area contributed by atoms with E-state index in [2.05, 4.69) is 68.5 Å². The minimum absolute atomic E-state index is 0.0676. The van der Waals surface area contributed by atoms with Gasteiger partial charge in [0.1, 0.15) is 0 Å². The first kappa shape index (κ1) is 22.5. The molecule has 0 aromatic heterocycles. The molecule has 0 aliphatic carbocycles. The van der Waals surface area contributed by atoms with E-state index in [1.54, 1.807) is 0 Å². The third kappa shape index (κ3) is 16.9. The summed E-state index contributed by atoms with van der Waals surface area (Å²) < 4.78 is 11.2. The smallest absolute Gasteiger partial charge is 0.163 e. The number of rotatable bonds is 14. The highest BCUT2D eigenvalue weighted by Crippen LogP contribution is 2.13. The lowest BCUT2D eigenvalue weighted by atomic mass is 10.2. The average Bonchev–Trinajstić information content (AvgIpc) is 2.60. The summed E-state index contributed by atoms with van der Waals surface area (Å²) in [6.45, 7) is 4.32. The largest absolute Gasteiger partial charge is 0.274 e. The van der Waals surface area contributed by atoms with Gasteiger partial charge in [-0.1, -0.05) is 93.2 Å². The van der Waals surface area contributed by atoms with Gasteiger partial charge in [0, 0.05) is 0 Å². The second-order valence-electron chi connectivity index (χ2n) is 5.51. The summed E-state index contributed by atoms with van der Waals surface area (Å²) in [5, 5.41) is 0. The molecule has 0 radical (unpaired) electrons. The van der Waals surface area contributed by atoms with Gasteiger partial charge in [-0.05, 0) is 38.5 Å². The number of hydrogen-bond acceptors (Lipinski definition) is 1. The molecule has 0 aromatic rings. The number of hydrogen-bond donors (Lipinski definition) is 0. The predicted molar refractivity (Wildman–Crippen MR) is 110 cm³/mol. The Kier molecular flexibility index (Phi) is 18.4. The minimum atomic E-state index is 0.0676. The van der Waals surface area contributed by atoms with Crippen molar-refractivity contribution in [3.8, 4) is 0 Å². The number of allylic oxidation sites excluding steroid dienone is 12. The van der Waals surface area contributed by atoms with E-state index in [1.165, 1.54) is 12.8 Å². The van der Waals surface area contributed by atoms with Gasteiger partial charge < -0.3 is 0 Å². The molecule has 1 nitrogen and oxygen atoms in total. The van der Waals surface area contributed by atoms with Crippen LogP contribution in [-0.2, 0) is 4.57 Å². The molecular weight excluding hydrogens is 311 g/mol. The van der Waals surface area contributed by atoms with Crippen molar-refractivity contribution in [1.82, 2.24) is 0 Å². The van der Waals surface area contributed by atoms with Gasteiger partial charge in [0.25, 0.3) is 0 Å². The topological polar surface area (TPSA) is 17.1 Å². The standard InChI is InChI=1S/C22H33OP/c1-3-5-7-9-11-12-13-15-17-19-21-22(24-23)20-18-16-14-10-8-6-4-2/h6-9,12-14,16-20,22H,3-5,10-11,15,21H2,1-2H3/b8-6-,9-7-,13-12-,16-14-,19-17-,20-18+. The van der Waals surface area contributed by atoms with Gasteiger partial charge in [0.2, 0.25) is 0 Å². The fraction of sp³-hybridized carbons (Fsp3) is 0.455. The normalized spacial score (nSPS) is 14.8. The van der Waals surface area contributed by atoms with Gasteiger partial charge in [-0.15, -0.1) is 0 Å². The van der Waals surface area contributed by atoms with Crippen LogP contribution in [0.1, 0.15) is 58.8 Å². The van der Waals surface area contributed by atoms with Gasteiger partial charge in [0.05, 0.1) is 5.66 Å². The summed E-state index contributed by atoms with van der Waals surface area (Å²) in [5.74, 6) is 0. The zero-order valence-electron chi connectivity index (χ0n) is 15.3. The van der Waals surface area contributed by atoms with Gasteiger partial charge in [-0.2, -0.15) is 0 Å². The molecule has 0 bridgehead atoms. The second kappa shape index (κ2) is 19.6. The summed E-state index contributed by atoms with van der Waals surface area (Å²) in [6, 6.07) is 0. The van der Waals surface area contributed by atoms with Crippen LogP contribution in [0.4, 0.5) is 0 Å². The van der Waals surface area contributed by atoms with Gasteiger partial charge in [-0.25, -0.2) is 0 Å². The molecule has 0 spiro atoms. The van der Waals surface area contributed by atoms with Crippen LogP contribution in [0.3, 0.4) is 0 Å². The highest BCUT2D eigenvalue weighted by Gasteiger charge is 1.99. The van der Waals surface area contributed by atoms with Crippen molar-refractivity contribution in [3.05, 3.63) is 72.9 Å². The Hall–Kier alpha value is -1.46. The maximum atomic E-state index is 11.2. The van der Waals surface area contributed by atoms with E-state index in [1.807, 2.05) is 18.2 Å². The second-order valence-corrected chi connectivity index (χ2v) is 6.39. The molecular formula is C22H33OP. The molecule has 0 rings (SSSR count). The van der Waals surface area contributed by atoms with Crippen molar-refractivity contribution in [2.24, 2.45) is 0 Å². The SMILES string of the molecule is CC/C=C\C/C=C\C=C\C(C/C=C\C/C=C\C/C=C\CCC)P=O. The van der Waals surface area contributed by atoms with E-state index in [4.69, 9.17) is 0 Å². The van der Waals surface area contributed by atoms with Crippen LogP contribution in [0, 0.1) is 0 Å².